The summed E-state index contributed by atoms with van der Waals surface area (Å²) in [5.41, 5.74) is 6.08. The van der Waals surface area contributed by atoms with Crippen LogP contribution in [0.15, 0.2) is 115 Å². The van der Waals surface area contributed by atoms with Gasteiger partial charge in [0.2, 0.25) is 0 Å². The lowest BCUT2D eigenvalue weighted by molar-refractivity contribution is -0.153. The van der Waals surface area contributed by atoms with E-state index in [1.807, 2.05) is 91.9 Å². The lowest BCUT2D eigenvalue weighted by atomic mass is 9.55. The normalized spacial score (nSPS) is 17.4. The summed E-state index contributed by atoms with van der Waals surface area (Å²) in [6, 6.07) is 36.5. The molecule has 0 spiro atoms. The SMILES string of the molecule is CC(c1ccccc1)C1C(=O)OC(=O)C1Cc1ccc(B(Oc2cccc3cccnc23)c2ccc(C(C)(C)C)cc2)cc1. The Kier molecular flexibility index (Phi) is 8.09. The molecule has 1 fully saturated rings. The molecule has 6 rings (SSSR count). The molecule has 1 aliphatic heterocycles. The third-order valence-electron chi connectivity index (χ3n) is 8.73. The number of benzene rings is 4. The number of rotatable bonds is 8. The third-order valence-corrected chi connectivity index (χ3v) is 8.73. The Morgan fingerprint density at radius 3 is 2.14 bits per heavy atom. The van der Waals surface area contributed by atoms with Crippen molar-refractivity contribution in [1.29, 1.82) is 0 Å². The van der Waals surface area contributed by atoms with Crippen LogP contribution >= 0.6 is 0 Å². The number of para-hydroxylation sites is 1. The number of ether oxygens (including phenoxy) is 1. The van der Waals surface area contributed by atoms with Crippen molar-refractivity contribution in [1.82, 2.24) is 4.98 Å². The van der Waals surface area contributed by atoms with E-state index in [-0.39, 0.29) is 18.2 Å². The first-order valence-electron chi connectivity index (χ1n) is 15.2. The van der Waals surface area contributed by atoms with Gasteiger partial charge in [-0.3, -0.25) is 14.6 Å². The van der Waals surface area contributed by atoms with Crippen molar-refractivity contribution in [3.63, 3.8) is 0 Å². The summed E-state index contributed by atoms with van der Waals surface area (Å²) >= 11 is 0. The quantitative estimate of drug-likeness (QED) is 0.121. The van der Waals surface area contributed by atoms with Gasteiger partial charge in [0.15, 0.2) is 0 Å². The maximum Gasteiger partial charge on any atom is 0.426 e. The van der Waals surface area contributed by atoms with E-state index in [4.69, 9.17) is 9.39 Å². The molecule has 2 heterocycles. The number of hydrogen-bond acceptors (Lipinski definition) is 5. The molecule has 0 aliphatic carbocycles. The van der Waals surface area contributed by atoms with Crippen LogP contribution in [0.5, 0.6) is 5.75 Å². The fraction of sp³-hybridized carbons (Fsp3) is 0.237. The second-order valence-corrected chi connectivity index (χ2v) is 12.7. The minimum Gasteiger partial charge on any atom is -0.550 e. The number of fused-ring (bicyclic) bond motifs is 1. The minimum atomic E-state index is -0.540. The van der Waals surface area contributed by atoms with E-state index in [0.29, 0.717) is 12.2 Å². The van der Waals surface area contributed by atoms with Crippen LogP contribution < -0.4 is 15.6 Å². The first-order chi connectivity index (χ1) is 21.2. The monoisotopic (exact) mass is 581 g/mol. The highest BCUT2D eigenvalue weighted by Crippen LogP contribution is 2.38. The largest absolute Gasteiger partial charge is 0.550 e. The van der Waals surface area contributed by atoms with Crippen LogP contribution in [0.2, 0.25) is 0 Å². The molecule has 1 aromatic heterocycles. The number of esters is 2. The molecule has 220 valence electrons. The highest BCUT2D eigenvalue weighted by atomic mass is 16.6. The third kappa shape index (κ3) is 6.03. The van der Waals surface area contributed by atoms with Gasteiger partial charge < -0.3 is 9.39 Å². The fourth-order valence-electron chi connectivity index (χ4n) is 6.15. The van der Waals surface area contributed by atoms with Crippen LogP contribution in [0.1, 0.15) is 50.3 Å². The highest BCUT2D eigenvalue weighted by molar-refractivity contribution is 6.80. The number of cyclic esters (lactones) is 2. The second kappa shape index (κ2) is 12.1. The Labute approximate surface area is 259 Å². The smallest absolute Gasteiger partial charge is 0.426 e. The van der Waals surface area contributed by atoms with Crippen LogP contribution in [0.3, 0.4) is 0 Å². The summed E-state index contributed by atoms with van der Waals surface area (Å²) in [5.74, 6) is -1.38. The van der Waals surface area contributed by atoms with Gasteiger partial charge in [0.05, 0.1) is 11.8 Å². The van der Waals surface area contributed by atoms with Crippen LogP contribution in [-0.4, -0.2) is 23.8 Å². The Bertz CT molecular complexity index is 1770. The van der Waals surface area contributed by atoms with Crippen molar-refractivity contribution in [2.75, 3.05) is 0 Å². The van der Waals surface area contributed by atoms with Crippen LogP contribution in [-0.2, 0) is 26.2 Å². The van der Waals surface area contributed by atoms with E-state index in [2.05, 4.69) is 50.0 Å². The van der Waals surface area contributed by atoms with Crippen molar-refractivity contribution in [2.24, 2.45) is 11.8 Å². The maximum absolute atomic E-state index is 12.8. The molecular weight excluding hydrogens is 545 g/mol. The number of carbonyl (C=O) groups is 2. The van der Waals surface area contributed by atoms with Gasteiger partial charge in [0, 0.05) is 11.6 Å². The van der Waals surface area contributed by atoms with Gasteiger partial charge >= 0.3 is 18.9 Å². The Morgan fingerprint density at radius 1 is 0.795 bits per heavy atom. The Morgan fingerprint density at radius 2 is 1.45 bits per heavy atom. The molecule has 3 atom stereocenters. The molecule has 3 unspecified atom stereocenters. The Hall–Kier alpha value is -4.71. The maximum atomic E-state index is 12.8. The summed E-state index contributed by atoms with van der Waals surface area (Å²) in [6.07, 6.45) is 2.20. The summed E-state index contributed by atoms with van der Waals surface area (Å²) in [7, 11) is 0. The van der Waals surface area contributed by atoms with E-state index in [1.54, 1.807) is 6.20 Å². The zero-order valence-electron chi connectivity index (χ0n) is 25.6. The molecule has 0 saturated carbocycles. The number of pyridine rings is 1. The molecule has 0 radical (unpaired) electrons. The van der Waals surface area contributed by atoms with Gasteiger partial charge in [0.25, 0.3) is 0 Å². The molecular formula is C38H36BNO4. The minimum absolute atomic E-state index is 0.0364. The summed E-state index contributed by atoms with van der Waals surface area (Å²) < 4.78 is 11.9. The average molecular weight is 582 g/mol. The van der Waals surface area contributed by atoms with Gasteiger partial charge in [-0.05, 0) is 57.5 Å². The molecule has 44 heavy (non-hydrogen) atoms. The van der Waals surface area contributed by atoms with Crippen LogP contribution in [0.25, 0.3) is 10.9 Å². The number of hydrogen-bond donors (Lipinski definition) is 0. The van der Waals surface area contributed by atoms with Crippen LogP contribution in [0, 0.1) is 11.8 Å². The van der Waals surface area contributed by atoms with E-state index >= 15 is 0 Å². The Balaban J connectivity index is 1.30. The van der Waals surface area contributed by atoms with E-state index in [9.17, 15) is 9.59 Å². The first kappa shape index (κ1) is 29.4. The lowest BCUT2D eigenvalue weighted by Crippen LogP contribution is -2.47. The van der Waals surface area contributed by atoms with E-state index in [0.717, 1.165) is 33.0 Å². The highest BCUT2D eigenvalue weighted by Gasteiger charge is 2.47. The zero-order valence-corrected chi connectivity index (χ0v) is 25.6. The molecule has 0 N–H and O–H groups in total. The van der Waals surface area contributed by atoms with Gasteiger partial charge in [-0.1, -0.05) is 125 Å². The van der Waals surface area contributed by atoms with E-state index < -0.39 is 23.8 Å². The molecule has 1 saturated heterocycles. The van der Waals surface area contributed by atoms with Gasteiger partial charge in [-0.15, -0.1) is 0 Å². The molecule has 0 amide bonds. The molecule has 0 bridgehead atoms. The zero-order chi connectivity index (χ0) is 30.8. The molecule has 4 aromatic carbocycles. The predicted molar refractivity (Wildman–Crippen MR) is 176 cm³/mol. The van der Waals surface area contributed by atoms with Gasteiger partial charge in [-0.2, -0.15) is 0 Å². The van der Waals surface area contributed by atoms with Crippen molar-refractivity contribution < 1.29 is 19.0 Å². The number of aromatic nitrogens is 1. The summed E-state index contributed by atoms with van der Waals surface area (Å²) in [6.45, 7) is 8.22. The topological polar surface area (TPSA) is 65.5 Å². The van der Waals surface area contributed by atoms with Crippen molar-refractivity contribution >= 4 is 40.7 Å². The van der Waals surface area contributed by atoms with Gasteiger partial charge in [-0.25, -0.2) is 0 Å². The molecule has 1 aliphatic rings. The van der Waals surface area contributed by atoms with Crippen molar-refractivity contribution in [3.05, 3.63) is 132 Å². The average Bonchev–Trinajstić information content (AvgIpc) is 3.31. The molecule has 6 heteroatoms. The van der Waals surface area contributed by atoms with Crippen LogP contribution in [0.4, 0.5) is 0 Å². The van der Waals surface area contributed by atoms with Gasteiger partial charge in [0.1, 0.15) is 11.3 Å². The summed E-state index contributed by atoms with van der Waals surface area (Å²) in [4.78, 5) is 30.2. The predicted octanol–water partition coefficient (Wildman–Crippen LogP) is 6.38. The molecule has 5 aromatic rings. The first-order valence-corrected chi connectivity index (χ1v) is 15.2. The van der Waals surface area contributed by atoms with E-state index in [1.165, 1.54) is 5.56 Å². The lowest BCUT2D eigenvalue weighted by Gasteiger charge is -2.22. The number of carbonyl (C=O) groups excluding carboxylic acids is 2. The van der Waals surface area contributed by atoms with Crippen molar-refractivity contribution in [3.8, 4) is 5.75 Å². The van der Waals surface area contributed by atoms with Crippen molar-refractivity contribution in [2.45, 2.75) is 45.4 Å². The fourth-order valence-corrected chi connectivity index (χ4v) is 6.15. The standard InChI is InChI=1S/C38H36BNO4/c1-25(27-10-6-5-7-11-27)34-32(36(41)43-37(34)42)24-26-15-19-30(20-16-26)39(31-21-17-29(18-22-31)38(2,3)4)44-33-14-8-12-28-13-9-23-40-35(28)33/h5-23,25,32,34H,24H2,1-4H3. The molecule has 5 nitrogen and oxygen atoms in total. The summed E-state index contributed by atoms with van der Waals surface area (Å²) in [5, 5.41) is 1.01. The second-order valence-electron chi connectivity index (χ2n) is 12.7. The number of nitrogens with zero attached hydrogens (tertiary/aromatic N) is 1.